The molecule has 0 fully saturated rings. The highest BCUT2D eigenvalue weighted by atomic mass is 32.2. The Kier molecular flexibility index (Phi) is 9.55. The van der Waals surface area contributed by atoms with E-state index in [0.29, 0.717) is 57.3 Å². The number of likely N-dealkylation sites (N-methyl/N-ethyl adjacent to an activating group) is 1. The van der Waals surface area contributed by atoms with Crippen LogP contribution in [-0.4, -0.2) is 64.7 Å². The van der Waals surface area contributed by atoms with Crippen LogP contribution in [0.15, 0.2) is 133 Å². The van der Waals surface area contributed by atoms with Crippen molar-refractivity contribution in [3.8, 4) is 11.3 Å². The summed E-state index contributed by atoms with van der Waals surface area (Å²) in [7, 11) is 0.0164. The monoisotopic (exact) mass is 672 g/mol. The van der Waals surface area contributed by atoms with Crippen molar-refractivity contribution >= 4 is 55.8 Å². The van der Waals surface area contributed by atoms with Crippen molar-refractivity contribution in [1.29, 1.82) is 0 Å². The molecule has 0 aliphatic rings. The van der Waals surface area contributed by atoms with E-state index in [2.05, 4.69) is 30.9 Å². The van der Waals surface area contributed by atoms with Crippen molar-refractivity contribution in [2.24, 2.45) is 0 Å². The lowest BCUT2D eigenvalue weighted by Gasteiger charge is -2.11. The molecule has 0 saturated heterocycles. The van der Waals surface area contributed by atoms with Gasteiger partial charge in [0.1, 0.15) is 12.1 Å². The average Bonchev–Trinajstić information content (AvgIpc) is 3.53. The molecule has 0 aliphatic heterocycles. The van der Waals surface area contributed by atoms with Crippen LogP contribution in [0, 0.1) is 0 Å². The Balaban J connectivity index is 1.14. The second-order valence-corrected chi connectivity index (χ2v) is 13.1. The largest absolute Gasteiger partial charge is 0.340 e. The number of hydrogen-bond donors (Lipinski definition) is 3. The van der Waals surface area contributed by atoms with Crippen molar-refractivity contribution in [2.75, 3.05) is 36.6 Å². The minimum Gasteiger partial charge on any atom is -0.340 e. The molecule has 0 bridgehead atoms. The van der Waals surface area contributed by atoms with Gasteiger partial charge in [-0.3, -0.25) is 9.59 Å². The van der Waals surface area contributed by atoms with Crippen molar-refractivity contribution in [2.45, 2.75) is 4.90 Å². The van der Waals surface area contributed by atoms with Gasteiger partial charge in [0.25, 0.3) is 15.9 Å². The summed E-state index contributed by atoms with van der Waals surface area (Å²) in [4.78, 5) is 40.6. The fraction of sp³-hybridized carbons (Fsp3) is 0.0833. The van der Waals surface area contributed by atoms with E-state index < -0.39 is 10.0 Å². The summed E-state index contributed by atoms with van der Waals surface area (Å²) in [5.41, 5.74) is 3.67. The Hall–Kier alpha value is -6.18. The van der Waals surface area contributed by atoms with E-state index in [-0.39, 0.29) is 16.7 Å². The molecule has 13 heteroatoms. The average molecular weight is 673 g/mol. The fourth-order valence-electron chi connectivity index (χ4n) is 4.94. The number of aromatic nitrogens is 4. The zero-order valence-corrected chi connectivity index (χ0v) is 27.4. The van der Waals surface area contributed by atoms with Gasteiger partial charge in [0.05, 0.1) is 10.6 Å². The summed E-state index contributed by atoms with van der Waals surface area (Å²) in [5, 5.41) is 9.54. The third-order valence-corrected chi connectivity index (χ3v) is 8.96. The Morgan fingerprint density at radius 2 is 1.57 bits per heavy atom. The van der Waals surface area contributed by atoms with Gasteiger partial charge >= 0.3 is 0 Å². The van der Waals surface area contributed by atoms with Crippen LogP contribution >= 0.6 is 0 Å². The minimum absolute atomic E-state index is 0.174. The zero-order chi connectivity index (χ0) is 34.4. The number of nitrogens with one attached hydrogen (secondary N) is 3. The first-order chi connectivity index (χ1) is 23.7. The van der Waals surface area contributed by atoms with Gasteiger partial charge in [-0.25, -0.2) is 27.3 Å². The molecule has 0 radical (unpaired) electrons. The first kappa shape index (κ1) is 32.7. The normalized spacial score (nSPS) is 11.6. The number of benzene rings is 3. The van der Waals surface area contributed by atoms with E-state index in [4.69, 9.17) is 0 Å². The number of amides is 2. The third kappa shape index (κ3) is 7.87. The van der Waals surface area contributed by atoms with Crippen molar-refractivity contribution in [3.63, 3.8) is 0 Å². The van der Waals surface area contributed by atoms with Gasteiger partial charge in [0.15, 0.2) is 5.65 Å². The Bertz CT molecular complexity index is 2290. The number of pyridine rings is 1. The molecule has 0 spiro atoms. The molecule has 49 heavy (non-hydrogen) atoms. The first-order valence-corrected chi connectivity index (χ1v) is 16.6. The predicted octanol–water partition coefficient (Wildman–Crippen LogP) is 5.78. The molecule has 0 aliphatic carbocycles. The highest BCUT2D eigenvalue weighted by molar-refractivity contribution is 7.90. The van der Waals surface area contributed by atoms with Gasteiger partial charge < -0.3 is 20.9 Å². The summed E-state index contributed by atoms with van der Waals surface area (Å²) in [6.45, 7) is 0.636. The van der Waals surface area contributed by atoms with Crippen molar-refractivity contribution in [3.05, 3.63) is 133 Å². The molecule has 6 aromatic rings. The zero-order valence-electron chi connectivity index (χ0n) is 26.6. The Morgan fingerprint density at radius 1 is 0.816 bits per heavy atom. The number of carbonyl (C=O) groups is 2. The van der Waals surface area contributed by atoms with Gasteiger partial charge in [-0.15, -0.1) is 0 Å². The molecular formula is C36H32N8O4S. The maximum Gasteiger partial charge on any atom is 0.269 e. The molecule has 0 saturated carbocycles. The number of hydrogen-bond acceptors (Lipinski definition) is 9. The molecule has 3 heterocycles. The molecule has 6 rings (SSSR count). The lowest BCUT2D eigenvalue weighted by molar-refractivity contribution is -0.111. The van der Waals surface area contributed by atoms with Crippen LogP contribution < -0.4 is 16.0 Å². The van der Waals surface area contributed by atoms with Crippen LogP contribution in [-0.2, 0) is 14.8 Å². The van der Waals surface area contributed by atoms with E-state index >= 15 is 0 Å². The predicted molar refractivity (Wildman–Crippen MR) is 190 cm³/mol. The molecule has 12 nitrogen and oxygen atoms in total. The Morgan fingerprint density at radius 3 is 2.37 bits per heavy atom. The van der Waals surface area contributed by atoms with Gasteiger partial charge in [-0.1, -0.05) is 36.4 Å². The van der Waals surface area contributed by atoms with Crippen LogP contribution in [0.2, 0.25) is 0 Å². The van der Waals surface area contributed by atoms with E-state index in [1.54, 1.807) is 97.2 Å². The van der Waals surface area contributed by atoms with Crippen LogP contribution in [0.5, 0.6) is 0 Å². The number of fused-ring (bicyclic) bond motifs is 1. The van der Waals surface area contributed by atoms with E-state index in [0.717, 1.165) is 0 Å². The highest BCUT2D eigenvalue weighted by Gasteiger charge is 2.20. The second kappa shape index (κ2) is 14.3. The molecule has 3 N–H and O–H groups in total. The Labute approximate surface area is 283 Å². The lowest BCUT2D eigenvalue weighted by Crippen LogP contribution is -2.14. The van der Waals surface area contributed by atoms with Crippen LogP contribution in [0.4, 0.5) is 22.9 Å². The number of carbonyl (C=O) groups excluding carboxylic acids is 2. The number of nitrogens with zero attached hydrogens (tertiary/aromatic N) is 5. The van der Waals surface area contributed by atoms with Gasteiger partial charge in [-0.2, -0.15) is 0 Å². The van der Waals surface area contributed by atoms with E-state index in [1.807, 2.05) is 31.1 Å². The summed E-state index contributed by atoms with van der Waals surface area (Å²) in [6, 6.07) is 27.3. The SMILES string of the molecule is CN(C)C/C=C/C(=O)Nc1cccc(C(=O)Nc2cccc(Nc3cc(-c4cnc5c(ccn5S(=O)(=O)c5ccccc5)c4)ncn3)c2)c1. The molecule has 3 aromatic heterocycles. The molecule has 0 unspecified atom stereocenters. The number of anilines is 4. The third-order valence-electron chi connectivity index (χ3n) is 7.28. The summed E-state index contributed by atoms with van der Waals surface area (Å²) in [6.07, 6.45) is 7.70. The van der Waals surface area contributed by atoms with Gasteiger partial charge in [0.2, 0.25) is 5.91 Å². The molecule has 246 valence electrons. The standard InChI is InChI=1S/C36H32N8O4S/c1-43(2)17-8-15-34(45)41-28-10-6-9-26(20-28)36(46)42-30-12-7-11-29(21-30)40-33-22-32(38-24-39-33)27-19-25-16-18-44(35(25)37-23-27)49(47,48)31-13-4-3-5-14-31/h3-16,18-24H,17H2,1-2H3,(H,41,45)(H,42,46)(H,38,39,40)/b15-8+. The molecule has 2 amide bonds. The van der Waals surface area contributed by atoms with E-state index in [1.165, 1.54) is 22.6 Å². The summed E-state index contributed by atoms with van der Waals surface area (Å²) in [5.74, 6) is -0.119. The van der Waals surface area contributed by atoms with Gasteiger partial charge in [0, 0.05) is 64.7 Å². The van der Waals surface area contributed by atoms with Crippen LogP contribution in [0.3, 0.4) is 0 Å². The van der Waals surface area contributed by atoms with Crippen LogP contribution in [0.1, 0.15) is 10.4 Å². The molecule has 0 atom stereocenters. The minimum atomic E-state index is -3.81. The van der Waals surface area contributed by atoms with E-state index in [9.17, 15) is 18.0 Å². The smallest absolute Gasteiger partial charge is 0.269 e. The maximum atomic E-state index is 13.2. The second-order valence-electron chi connectivity index (χ2n) is 11.2. The molecule has 3 aromatic carbocycles. The number of rotatable bonds is 11. The van der Waals surface area contributed by atoms with Gasteiger partial charge in [-0.05, 0) is 74.8 Å². The lowest BCUT2D eigenvalue weighted by atomic mass is 10.1. The maximum absolute atomic E-state index is 13.2. The highest BCUT2D eigenvalue weighted by Crippen LogP contribution is 2.27. The van der Waals surface area contributed by atoms with Crippen molar-refractivity contribution in [1.82, 2.24) is 23.8 Å². The summed E-state index contributed by atoms with van der Waals surface area (Å²) < 4.78 is 27.5. The summed E-state index contributed by atoms with van der Waals surface area (Å²) >= 11 is 0. The van der Waals surface area contributed by atoms with Crippen LogP contribution in [0.25, 0.3) is 22.3 Å². The fourth-order valence-corrected chi connectivity index (χ4v) is 6.27. The molecular weight excluding hydrogens is 641 g/mol. The quantitative estimate of drug-likeness (QED) is 0.146. The first-order valence-electron chi connectivity index (χ1n) is 15.2. The topological polar surface area (TPSA) is 151 Å². The van der Waals surface area contributed by atoms with Crippen molar-refractivity contribution < 1.29 is 18.0 Å².